The number of H-pyrrole nitrogens is 2. The summed E-state index contributed by atoms with van der Waals surface area (Å²) in [7, 11) is 0. The molecule has 0 spiro atoms. The first-order chi connectivity index (χ1) is 12.4. The molecule has 132 valence electrons. The Hall–Kier alpha value is -3.26. The molecule has 0 bridgehead atoms. The third-order valence-corrected chi connectivity index (χ3v) is 4.01. The molecule has 0 radical (unpaired) electrons. The van der Waals surface area contributed by atoms with E-state index in [0.29, 0.717) is 5.52 Å². The van der Waals surface area contributed by atoms with Gasteiger partial charge in [-0.3, -0.25) is 14.9 Å². The number of aromatic amines is 2. The first-order valence-electron chi connectivity index (χ1n) is 8.19. The number of nitrogens with zero attached hydrogens (tertiary/aromatic N) is 3. The maximum absolute atomic E-state index is 12.2. The van der Waals surface area contributed by atoms with Crippen LogP contribution in [-0.2, 0) is 0 Å². The lowest BCUT2D eigenvalue weighted by atomic mass is 10.1. The van der Waals surface area contributed by atoms with Crippen LogP contribution in [0.2, 0.25) is 0 Å². The Balaban J connectivity index is 1.72. The van der Waals surface area contributed by atoms with E-state index in [0.717, 1.165) is 27.7 Å². The number of imidazole rings is 1. The molecule has 4 rings (SSSR count). The van der Waals surface area contributed by atoms with Gasteiger partial charge >= 0.3 is 0 Å². The van der Waals surface area contributed by atoms with Crippen molar-refractivity contribution in [2.45, 2.75) is 19.4 Å². The first kappa shape index (κ1) is 16.2. The average Bonchev–Trinajstić information content (AvgIpc) is 3.21. The van der Waals surface area contributed by atoms with Gasteiger partial charge in [0.05, 0.1) is 22.2 Å². The topological polar surface area (TPSA) is 120 Å². The van der Waals surface area contributed by atoms with Gasteiger partial charge in [0.15, 0.2) is 5.82 Å². The van der Waals surface area contributed by atoms with Crippen molar-refractivity contribution in [2.75, 3.05) is 6.54 Å². The Bertz CT molecular complexity index is 1090. The van der Waals surface area contributed by atoms with Crippen molar-refractivity contribution in [3.8, 4) is 11.3 Å². The van der Waals surface area contributed by atoms with Crippen molar-refractivity contribution in [3.05, 3.63) is 42.5 Å². The van der Waals surface area contributed by atoms with E-state index < -0.39 is 5.60 Å². The van der Waals surface area contributed by atoms with Crippen molar-refractivity contribution < 1.29 is 9.90 Å². The van der Waals surface area contributed by atoms with E-state index in [9.17, 15) is 9.90 Å². The second-order valence-electron chi connectivity index (χ2n) is 6.80. The average molecular weight is 350 g/mol. The summed E-state index contributed by atoms with van der Waals surface area (Å²) in [6, 6.07) is 7.55. The zero-order valence-electron chi connectivity index (χ0n) is 14.4. The fourth-order valence-electron chi connectivity index (χ4n) is 2.74. The minimum atomic E-state index is -0.983. The Morgan fingerprint density at radius 3 is 2.73 bits per heavy atom. The molecule has 0 saturated heterocycles. The highest BCUT2D eigenvalue weighted by Gasteiger charge is 2.18. The van der Waals surface area contributed by atoms with Gasteiger partial charge in [0.25, 0.3) is 5.91 Å². The third kappa shape index (κ3) is 3.02. The van der Waals surface area contributed by atoms with Crippen LogP contribution >= 0.6 is 0 Å². The number of hydrogen-bond donors (Lipinski definition) is 4. The summed E-state index contributed by atoms with van der Waals surface area (Å²) >= 11 is 0. The Labute approximate surface area is 148 Å². The van der Waals surface area contributed by atoms with Gasteiger partial charge in [0.2, 0.25) is 0 Å². The van der Waals surface area contributed by atoms with Crippen LogP contribution in [0.5, 0.6) is 0 Å². The molecule has 8 heteroatoms. The van der Waals surface area contributed by atoms with Gasteiger partial charge in [0.1, 0.15) is 5.69 Å². The van der Waals surface area contributed by atoms with Crippen molar-refractivity contribution in [3.63, 3.8) is 0 Å². The largest absolute Gasteiger partial charge is 0.389 e. The summed E-state index contributed by atoms with van der Waals surface area (Å²) < 4.78 is 0. The zero-order chi connectivity index (χ0) is 18.3. The molecule has 0 atom stereocenters. The van der Waals surface area contributed by atoms with Crippen molar-refractivity contribution in [1.82, 2.24) is 30.5 Å². The molecule has 1 amide bonds. The van der Waals surface area contributed by atoms with Crippen LogP contribution in [0.3, 0.4) is 0 Å². The van der Waals surface area contributed by atoms with Crippen LogP contribution in [0.25, 0.3) is 33.2 Å². The molecule has 26 heavy (non-hydrogen) atoms. The maximum atomic E-state index is 12.2. The number of nitrogens with one attached hydrogen (secondary N) is 3. The number of aromatic nitrogens is 5. The van der Waals surface area contributed by atoms with Crippen LogP contribution < -0.4 is 5.32 Å². The molecular formula is C18H18N6O2. The minimum Gasteiger partial charge on any atom is -0.389 e. The van der Waals surface area contributed by atoms with Gasteiger partial charge in [-0.05, 0) is 38.1 Å². The Morgan fingerprint density at radius 2 is 2.00 bits per heavy atom. The number of fused-ring (bicyclic) bond motifs is 2. The fraction of sp³-hybridized carbons (Fsp3) is 0.222. The summed E-state index contributed by atoms with van der Waals surface area (Å²) in [5.41, 5.74) is 3.02. The van der Waals surface area contributed by atoms with Gasteiger partial charge in [-0.1, -0.05) is 0 Å². The maximum Gasteiger partial charge on any atom is 0.287 e. The van der Waals surface area contributed by atoms with Crippen LogP contribution in [0.15, 0.2) is 36.7 Å². The lowest BCUT2D eigenvalue weighted by Crippen LogP contribution is -2.38. The Kier molecular flexibility index (Phi) is 3.69. The zero-order valence-corrected chi connectivity index (χ0v) is 14.4. The normalized spacial score (nSPS) is 12.0. The number of carbonyl (C=O) groups is 1. The summed E-state index contributed by atoms with van der Waals surface area (Å²) in [5, 5.41) is 20.7. The van der Waals surface area contributed by atoms with Crippen LogP contribution in [0.1, 0.15) is 24.5 Å². The van der Waals surface area contributed by atoms with E-state index in [4.69, 9.17) is 0 Å². The van der Waals surface area contributed by atoms with E-state index in [1.807, 2.05) is 24.3 Å². The molecule has 0 unspecified atom stereocenters. The summed E-state index contributed by atoms with van der Waals surface area (Å²) in [5.74, 6) is -0.158. The number of amides is 1. The molecular weight excluding hydrogens is 332 g/mol. The molecule has 4 N–H and O–H groups in total. The van der Waals surface area contributed by atoms with E-state index in [1.54, 1.807) is 26.2 Å². The third-order valence-electron chi connectivity index (χ3n) is 4.01. The Morgan fingerprint density at radius 1 is 1.23 bits per heavy atom. The van der Waals surface area contributed by atoms with Crippen LogP contribution in [-0.4, -0.2) is 48.3 Å². The van der Waals surface area contributed by atoms with E-state index in [2.05, 4.69) is 30.5 Å². The minimum absolute atomic E-state index is 0.139. The van der Waals surface area contributed by atoms with Gasteiger partial charge in [-0.2, -0.15) is 5.10 Å². The number of benzene rings is 1. The highest BCUT2D eigenvalue weighted by molar-refractivity contribution is 6.02. The molecule has 3 aromatic heterocycles. The van der Waals surface area contributed by atoms with E-state index in [1.165, 1.54) is 0 Å². The first-order valence-corrected chi connectivity index (χ1v) is 8.19. The van der Waals surface area contributed by atoms with Crippen LogP contribution in [0.4, 0.5) is 0 Å². The predicted molar refractivity (Wildman–Crippen MR) is 97.6 cm³/mol. The number of aliphatic hydroxyl groups is 1. The molecule has 0 aliphatic heterocycles. The molecule has 1 aromatic carbocycles. The predicted octanol–water partition coefficient (Wildman–Crippen LogP) is 2.00. The van der Waals surface area contributed by atoms with Gasteiger partial charge in [0, 0.05) is 29.9 Å². The lowest BCUT2D eigenvalue weighted by Gasteiger charge is -2.16. The van der Waals surface area contributed by atoms with Crippen molar-refractivity contribution in [1.29, 1.82) is 0 Å². The number of pyridine rings is 1. The van der Waals surface area contributed by atoms with Crippen molar-refractivity contribution >= 4 is 27.8 Å². The summed E-state index contributed by atoms with van der Waals surface area (Å²) in [6.07, 6.45) is 3.43. The van der Waals surface area contributed by atoms with E-state index in [-0.39, 0.29) is 18.3 Å². The quantitative estimate of drug-likeness (QED) is 0.449. The van der Waals surface area contributed by atoms with Gasteiger partial charge < -0.3 is 15.4 Å². The summed E-state index contributed by atoms with van der Waals surface area (Å²) in [6.45, 7) is 3.39. The molecule has 0 fully saturated rings. The molecule has 8 nitrogen and oxygen atoms in total. The summed E-state index contributed by atoms with van der Waals surface area (Å²) in [4.78, 5) is 23.6. The van der Waals surface area contributed by atoms with E-state index >= 15 is 0 Å². The highest BCUT2D eigenvalue weighted by atomic mass is 16.3. The fourth-order valence-corrected chi connectivity index (χ4v) is 2.74. The molecule has 0 aliphatic rings. The molecule has 4 aromatic rings. The number of hydrogen-bond acceptors (Lipinski definition) is 5. The molecule has 0 saturated carbocycles. The highest BCUT2D eigenvalue weighted by Crippen LogP contribution is 2.28. The molecule has 3 heterocycles. The number of carbonyl (C=O) groups excluding carboxylic acids is 1. The van der Waals surface area contributed by atoms with Crippen molar-refractivity contribution in [2.24, 2.45) is 0 Å². The lowest BCUT2D eigenvalue weighted by molar-refractivity contribution is 0.0690. The molecule has 0 aliphatic carbocycles. The SMILES string of the molecule is CC(C)(O)CNC(=O)c1nc2cc3c(-c4ccncc4)n[nH]c3cc2[nH]1. The standard InChI is InChI=1S/C18H18N6O2/c1-18(2,26)9-20-17(25)16-21-13-7-11-12(8-14(13)22-16)23-24-15(11)10-3-5-19-6-4-10/h3-8,26H,9H2,1-2H3,(H,20,25)(H,21,22)(H,23,24). The monoisotopic (exact) mass is 350 g/mol. The van der Waals surface area contributed by atoms with Gasteiger partial charge in [-0.25, -0.2) is 4.98 Å². The van der Waals surface area contributed by atoms with Gasteiger partial charge in [-0.15, -0.1) is 0 Å². The smallest absolute Gasteiger partial charge is 0.287 e. The van der Waals surface area contributed by atoms with Crippen LogP contribution in [0, 0.1) is 0 Å². The second kappa shape index (κ2) is 5.92. The second-order valence-corrected chi connectivity index (χ2v) is 6.80. The number of rotatable bonds is 4.